The zero-order valence-corrected chi connectivity index (χ0v) is 17.3. The average Bonchev–Trinajstić information content (AvgIpc) is 2.69. The predicted octanol–water partition coefficient (Wildman–Crippen LogP) is 3.50. The fraction of sp³-hybridized carbons (Fsp3) is 0.227. The van der Waals surface area contributed by atoms with E-state index in [1.54, 1.807) is 11.5 Å². The number of nitrogen functional groups attached to an aromatic ring is 1. The van der Waals surface area contributed by atoms with Crippen molar-refractivity contribution >= 4 is 29.2 Å². The summed E-state index contributed by atoms with van der Waals surface area (Å²) in [6, 6.07) is 18.9. The van der Waals surface area contributed by atoms with Crippen molar-refractivity contribution in [1.82, 2.24) is 9.55 Å². The average molecular weight is 409 g/mol. The van der Waals surface area contributed by atoms with Crippen LogP contribution in [-0.4, -0.2) is 20.7 Å². The van der Waals surface area contributed by atoms with E-state index in [1.807, 2.05) is 61.5 Å². The highest BCUT2D eigenvalue weighted by molar-refractivity contribution is 8.00. The Kier molecular flexibility index (Phi) is 6.72. The van der Waals surface area contributed by atoms with E-state index in [0.29, 0.717) is 17.5 Å². The summed E-state index contributed by atoms with van der Waals surface area (Å²) < 4.78 is 1.79. The van der Waals surface area contributed by atoms with Gasteiger partial charge in [-0.15, -0.1) is 0 Å². The number of thioether (sulfide) groups is 1. The van der Waals surface area contributed by atoms with Crippen molar-refractivity contribution in [3.8, 4) is 0 Å². The minimum atomic E-state index is -0.451. The lowest BCUT2D eigenvalue weighted by Gasteiger charge is -2.17. The number of benzene rings is 2. The van der Waals surface area contributed by atoms with Crippen LogP contribution in [0.2, 0.25) is 0 Å². The molecule has 3 rings (SSSR count). The molecule has 1 aromatic heterocycles. The van der Waals surface area contributed by atoms with E-state index in [1.165, 1.54) is 17.8 Å². The highest BCUT2D eigenvalue weighted by Crippen LogP contribution is 2.24. The summed E-state index contributed by atoms with van der Waals surface area (Å²) in [4.78, 5) is 28.6. The van der Waals surface area contributed by atoms with Gasteiger partial charge < -0.3 is 15.6 Å². The van der Waals surface area contributed by atoms with E-state index < -0.39 is 10.8 Å². The Labute approximate surface area is 174 Å². The first-order valence-corrected chi connectivity index (χ1v) is 10.3. The van der Waals surface area contributed by atoms with E-state index in [0.717, 1.165) is 23.2 Å². The van der Waals surface area contributed by atoms with Gasteiger partial charge in [0.1, 0.15) is 5.82 Å². The van der Waals surface area contributed by atoms with Gasteiger partial charge in [0.2, 0.25) is 5.91 Å². The molecule has 1 amide bonds. The first-order chi connectivity index (χ1) is 13.9. The van der Waals surface area contributed by atoms with Crippen LogP contribution in [-0.2, 0) is 17.8 Å². The third-order valence-electron chi connectivity index (χ3n) is 4.46. The summed E-state index contributed by atoms with van der Waals surface area (Å²) in [5, 5.41) is 2.88. The molecule has 1 atom stereocenters. The van der Waals surface area contributed by atoms with Crippen molar-refractivity contribution in [3.63, 3.8) is 0 Å². The molecule has 7 heteroatoms. The molecule has 1 unspecified atom stereocenters. The van der Waals surface area contributed by atoms with Gasteiger partial charge >= 0.3 is 0 Å². The molecule has 3 aromatic rings. The minimum absolute atomic E-state index is 0.162. The van der Waals surface area contributed by atoms with Crippen molar-refractivity contribution in [2.45, 2.75) is 37.2 Å². The lowest BCUT2D eigenvalue weighted by Crippen LogP contribution is -2.25. The molecule has 0 saturated carbocycles. The molecular formula is C22H24N4O2S. The SMILES string of the molecule is Cc1ccc(NC(=O)C(C)Sc2nc(=O)cc(N)n2CCc2ccccc2)cc1. The number of aryl methyl sites for hydroxylation is 2. The van der Waals surface area contributed by atoms with Crippen molar-refractivity contribution in [3.05, 3.63) is 82.1 Å². The Morgan fingerprint density at radius 2 is 1.86 bits per heavy atom. The van der Waals surface area contributed by atoms with Gasteiger partial charge in [0.25, 0.3) is 5.56 Å². The maximum absolute atomic E-state index is 12.6. The molecule has 29 heavy (non-hydrogen) atoms. The predicted molar refractivity (Wildman–Crippen MR) is 118 cm³/mol. The highest BCUT2D eigenvalue weighted by Gasteiger charge is 2.19. The van der Waals surface area contributed by atoms with Gasteiger partial charge in [0.15, 0.2) is 5.16 Å². The summed E-state index contributed by atoms with van der Waals surface area (Å²) in [5.41, 5.74) is 8.69. The lowest BCUT2D eigenvalue weighted by atomic mass is 10.1. The Morgan fingerprint density at radius 3 is 2.55 bits per heavy atom. The molecule has 0 aliphatic rings. The number of nitrogens with two attached hydrogens (primary N) is 1. The van der Waals surface area contributed by atoms with Crippen LogP contribution in [0, 0.1) is 6.92 Å². The molecule has 0 saturated heterocycles. The number of hydrogen-bond acceptors (Lipinski definition) is 5. The highest BCUT2D eigenvalue weighted by atomic mass is 32.2. The van der Waals surface area contributed by atoms with Gasteiger partial charge in [-0.3, -0.25) is 9.59 Å². The van der Waals surface area contributed by atoms with Crippen LogP contribution in [0.5, 0.6) is 0 Å². The Hall–Kier alpha value is -3.06. The number of hydrogen-bond donors (Lipinski definition) is 2. The van der Waals surface area contributed by atoms with E-state index in [-0.39, 0.29) is 5.91 Å². The van der Waals surface area contributed by atoms with Gasteiger partial charge in [-0.2, -0.15) is 4.98 Å². The summed E-state index contributed by atoms with van der Waals surface area (Å²) in [6.07, 6.45) is 0.743. The molecule has 0 aliphatic heterocycles. The van der Waals surface area contributed by atoms with Gasteiger partial charge in [-0.25, -0.2) is 0 Å². The largest absolute Gasteiger partial charge is 0.385 e. The quantitative estimate of drug-likeness (QED) is 0.461. The van der Waals surface area contributed by atoms with Crippen LogP contribution < -0.4 is 16.6 Å². The number of aromatic nitrogens is 2. The van der Waals surface area contributed by atoms with Crippen LogP contribution >= 0.6 is 11.8 Å². The Morgan fingerprint density at radius 1 is 1.17 bits per heavy atom. The van der Waals surface area contributed by atoms with Crippen LogP contribution in [0.3, 0.4) is 0 Å². The minimum Gasteiger partial charge on any atom is -0.385 e. The van der Waals surface area contributed by atoms with Gasteiger partial charge in [-0.1, -0.05) is 59.8 Å². The monoisotopic (exact) mass is 408 g/mol. The Balaban J connectivity index is 1.73. The van der Waals surface area contributed by atoms with Crippen LogP contribution in [0.25, 0.3) is 0 Å². The molecular weight excluding hydrogens is 384 g/mol. The van der Waals surface area contributed by atoms with E-state index in [2.05, 4.69) is 10.3 Å². The van der Waals surface area contributed by atoms with Crippen molar-refractivity contribution in [2.24, 2.45) is 0 Å². The number of anilines is 2. The van der Waals surface area contributed by atoms with Crippen LogP contribution in [0.4, 0.5) is 11.5 Å². The van der Waals surface area contributed by atoms with Crippen molar-refractivity contribution in [2.75, 3.05) is 11.1 Å². The second-order valence-electron chi connectivity index (χ2n) is 6.80. The van der Waals surface area contributed by atoms with Crippen molar-refractivity contribution in [1.29, 1.82) is 0 Å². The summed E-state index contributed by atoms with van der Waals surface area (Å²) in [5.74, 6) is 0.180. The second kappa shape index (κ2) is 9.43. The number of carbonyl (C=O) groups is 1. The second-order valence-corrected chi connectivity index (χ2v) is 8.11. The molecule has 0 spiro atoms. The van der Waals surface area contributed by atoms with E-state index in [4.69, 9.17) is 5.73 Å². The lowest BCUT2D eigenvalue weighted by molar-refractivity contribution is -0.115. The molecule has 3 N–H and O–H groups in total. The third kappa shape index (κ3) is 5.71. The fourth-order valence-corrected chi connectivity index (χ4v) is 3.74. The topological polar surface area (TPSA) is 90.0 Å². The maximum atomic E-state index is 12.6. The van der Waals surface area contributed by atoms with Gasteiger partial charge in [-0.05, 0) is 38.0 Å². The normalized spacial score (nSPS) is 11.8. The number of rotatable bonds is 7. The summed E-state index contributed by atoms with van der Waals surface area (Å²) in [7, 11) is 0. The van der Waals surface area contributed by atoms with Crippen molar-refractivity contribution < 1.29 is 4.79 Å². The zero-order chi connectivity index (χ0) is 20.8. The van der Waals surface area contributed by atoms with E-state index in [9.17, 15) is 9.59 Å². The number of nitrogens with one attached hydrogen (secondary N) is 1. The first-order valence-electron chi connectivity index (χ1n) is 9.38. The number of carbonyl (C=O) groups excluding carboxylic acids is 1. The van der Waals surface area contributed by atoms with Crippen LogP contribution in [0.15, 0.2) is 70.6 Å². The molecule has 2 aromatic carbocycles. The molecule has 6 nitrogen and oxygen atoms in total. The first kappa shape index (κ1) is 20.7. The van der Waals surface area contributed by atoms with Gasteiger partial charge in [0, 0.05) is 18.3 Å². The van der Waals surface area contributed by atoms with Crippen LogP contribution in [0.1, 0.15) is 18.1 Å². The van der Waals surface area contributed by atoms with Gasteiger partial charge in [0.05, 0.1) is 5.25 Å². The molecule has 0 bridgehead atoms. The smallest absolute Gasteiger partial charge is 0.275 e. The number of nitrogens with zero attached hydrogens (tertiary/aromatic N) is 2. The maximum Gasteiger partial charge on any atom is 0.275 e. The van der Waals surface area contributed by atoms with E-state index >= 15 is 0 Å². The molecule has 0 aliphatic carbocycles. The third-order valence-corrected chi connectivity index (χ3v) is 5.55. The molecule has 0 fully saturated rings. The zero-order valence-electron chi connectivity index (χ0n) is 16.5. The molecule has 0 radical (unpaired) electrons. The number of amides is 1. The molecule has 150 valence electrons. The summed E-state index contributed by atoms with van der Waals surface area (Å²) in [6.45, 7) is 4.34. The standard InChI is InChI=1S/C22H24N4O2S/c1-15-8-10-18(11-9-15)24-21(28)16(2)29-22-25-20(27)14-19(23)26(22)13-12-17-6-4-3-5-7-17/h3-11,14,16H,12-13,23H2,1-2H3,(H,24,28). The fourth-order valence-electron chi connectivity index (χ4n) is 2.79. The Bertz CT molecular complexity index is 1030. The summed E-state index contributed by atoms with van der Waals surface area (Å²) >= 11 is 1.22. The molecule has 1 heterocycles.